The standard InChI is InChI=1S/C8H7BO3/c1-2-7-3-5-8(6-4-7)12-9(10)11/h1,3-6,10-11H. The molecule has 2 N–H and O–H groups in total. The summed E-state index contributed by atoms with van der Waals surface area (Å²) in [7, 11) is -1.79. The molecule has 0 aliphatic heterocycles. The maximum absolute atomic E-state index is 8.43. The van der Waals surface area contributed by atoms with Crippen LogP contribution in [-0.4, -0.2) is 17.4 Å². The fraction of sp³-hybridized carbons (Fsp3) is 0. The van der Waals surface area contributed by atoms with Gasteiger partial charge in [0, 0.05) is 5.56 Å². The zero-order chi connectivity index (χ0) is 8.97. The number of hydrogen-bond donors (Lipinski definition) is 2. The first-order valence-corrected chi connectivity index (χ1v) is 3.32. The summed E-state index contributed by atoms with van der Waals surface area (Å²) < 4.78 is 4.56. The van der Waals surface area contributed by atoms with Gasteiger partial charge in [-0.1, -0.05) is 5.92 Å². The summed E-state index contributed by atoms with van der Waals surface area (Å²) in [5, 5.41) is 16.9. The topological polar surface area (TPSA) is 49.7 Å². The summed E-state index contributed by atoms with van der Waals surface area (Å²) in [4.78, 5) is 0. The molecule has 1 aromatic carbocycles. The minimum absolute atomic E-state index is 0.365. The van der Waals surface area contributed by atoms with Gasteiger partial charge in [-0.2, -0.15) is 0 Å². The highest BCUT2D eigenvalue weighted by Crippen LogP contribution is 2.11. The lowest BCUT2D eigenvalue weighted by atomic mass is 10.2. The first kappa shape index (κ1) is 8.66. The molecule has 0 unspecified atom stereocenters. The molecule has 3 nitrogen and oxygen atoms in total. The van der Waals surface area contributed by atoms with E-state index in [2.05, 4.69) is 10.6 Å². The lowest BCUT2D eigenvalue weighted by molar-refractivity contribution is 0.288. The fourth-order valence-electron chi connectivity index (χ4n) is 0.751. The van der Waals surface area contributed by atoms with Crippen LogP contribution in [0.25, 0.3) is 0 Å². The summed E-state index contributed by atoms with van der Waals surface area (Å²) in [6, 6.07) is 6.43. The van der Waals surface area contributed by atoms with Crippen LogP contribution in [0.4, 0.5) is 0 Å². The smallest absolute Gasteiger partial charge is 0.512 e. The van der Waals surface area contributed by atoms with Gasteiger partial charge in [-0.25, -0.2) is 0 Å². The minimum Gasteiger partial charge on any atom is -0.512 e. The average Bonchev–Trinajstić information content (AvgIpc) is 2.05. The van der Waals surface area contributed by atoms with Crippen LogP contribution in [0.5, 0.6) is 5.75 Å². The maximum atomic E-state index is 8.43. The van der Waals surface area contributed by atoms with Crippen molar-refractivity contribution in [2.24, 2.45) is 0 Å². The van der Waals surface area contributed by atoms with Crippen LogP contribution >= 0.6 is 0 Å². The van der Waals surface area contributed by atoms with Gasteiger partial charge < -0.3 is 14.7 Å². The Labute approximate surface area is 70.8 Å². The predicted molar refractivity (Wildman–Crippen MR) is 45.2 cm³/mol. The first-order chi connectivity index (χ1) is 5.72. The van der Waals surface area contributed by atoms with E-state index >= 15 is 0 Å². The third-order valence-corrected chi connectivity index (χ3v) is 1.26. The summed E-state index contributed by atoms with van der Waals surface area (Å²) >= 11 is 0. The van der Waals surface area contributed by atoms with Gasteiger partial charge in [-0.3, -0.25) is 0 Å². The van der Waals surface area contributed by atoms with Gasteiger partial charge in [0.15, 0.2) is 0 Å². The van der Waals surface area contributed by atoms with Crippen molar-refractivity contribution in [2.45, 2.75) is 0 Å². The zero-order valence-electron chi connectivity index (χ0n) is 6.27. The molecule has 0 amide bonds. The minimum atomic E-state index is -1.79. The van der Waals surface area contributed by atoms with Gasteiger partial charge in [0.1, 0.15) is 5.75 Å². The molecule has 0 saturated carbocycles. The molecule has 0 atom stereocenters. The molecule has 0 spiro atoms. The van der Waals surface area contributed by atoms with Gasteiger partial charge in [0.05, 0.1) is 0 Å². The highest BCUT2D eigenvalue weighted by atomic mass is 16.6. The van der Waals surface area contributed by atoms with Crippen molar-refractivity contribution in [3.8, 4) is 18.1 Å². The Bertz CT molecular complexity index is 286. The molecule has 0 radical (unpaired) electrons. The fourth-order valence-corrected chi connectivity index (χ4v) is 0.751. The van der Waals surface area contributed by atoms with Crippen LogP contribution in [0.15, 0.2) is 24.3 Å². The largest absolute Gasteiger partial charge is 0.707 e. The Morgan fingerprint density at radius 2 is 1.83 bits per heavy atom. The zero-order valence-corrected chi connectivity index (χ0v) is 6.27. The second kappa shape index (κ2) is 3.81. The highest BCUT2D eigenvalue weighted by Gasteiger charge is 2.10. The monoisotopic (exact) mass is 162 g/mol. The van der Waals surface area contributed by atoms with E-state index in [1.165, 1.54) is 0 Å². The molecular formula is C8H7BO3. The average molecular weight is 162 g/mol. The molecule has 1 rings (SSSR count). The molecule has 0 aromatic heterocycles. The molecule has 60 valence electrons. The first-order valence-electron chi connectivity index (χ1n) is 3.32. The van der Waals surface area contributed by atoms with Crippen LogP contribution in [0.1, 0.15) is 5.56 Å². The van der Waals surface area contributed by atoms with Crippen molar-refractivity contribution >= 4 is 7.32 Å². The van der Waals surface area contributed by atoms with Crippen LogP contribution in [0, 0.1) is 12.3 Å². The van der Waals surface area contributed by atoms with Crippen molar-refractivity contribution in [1.29, 1.82) is 0 Å². The van der Waals surface area contributed by atoms with Gasteiger partial charge in [-0.05, 0) is 24.3 Å². The molecule has 1 aromatic rings. The van der Waals surface area contributed by atoms with Gasteiger partial charge in [0.2, 0.25) is 0 Å². The second-order valence-electron chi connectivity index (χ2n) is 2.11. The highest BCUT2D eigenvalue weighted by molar-refractivity contribution is 6.33. The quantitative estimate of drug-likeness (QED) is 0.475. The van der Waals surface area contributed by atoms with Gasteiger partial charge in [0.25, 0.3) is 0 Å². The van der Waals surface area contributed by atoms with Crippen molar-refractivity contribution in [1.82, 2.24) is 0 Å². The molecule has 0 saturated heterocycles. The third kappa shape index (κ3) is 2.31. The SMILES string of the molecule is C#Cc1ccc(OB(O)O)cc1. The number of hydrogen-bond acceptors (Lipinski definition) is 3. The lowest BCUT2D eigenvalue weighted by Crippen LogP contribution is -2.20. The van der Waals surface area contributed by atoms with Crippen molar-refractivity contribution < 1.29 is 14.7 Å². The van der Waals surface area contributed by atoms with E-state index < -0.39 is 7.32 Å². The molecule has 12 heavy (non-hydrogen) atoms. The third-order valence-electron chi connectivity index (χ3n) is 1.26. The number of terminal acetylenes is 1. The Morgan fingerprint density at radius 1 is 1.25 bits per heavy atom. The van der Waals surface area contributed by atoms with Crippen LogP contribution in [0.2, 0.25) is 0 Å². The molecule has 0 aliphatic rings. The lowest BCUT2D eigenvalue weighted by Gasteiger charge is -2.03. The molecule has 0 bridgehead atoms. The number of rotatable bonds is 2. The van der Waals surface area contributed by atoms with Crippen molar-refractivity contribution in [2.75, 3.05) is 0 Å². The Morgan fingerprint density at radius 3 is 2.25 bits per heavy atom. The summed E-state index contributed by atoms with van der Waals surface area (Å²) in [6.07, 6.45) is 5.11. The Hall–Kier alpha value is -1.44. The normalized spacial score (nSPS) is 8.75. The Kier molecular flexibility index (Phi) is 2.75. The molecule has 0 fully saturated rings. The summed E-state index contributed by atoms with van der Waals surface area (Å²) in [6.45, 7) is 0. The van der Waals surface area contributed by atoms with E-state index in [1.807, 2.05) is 0 Å². The van der Waals surface area contributed by atoms with Crippen LogP contribution in [0.3, 0.4) is 0 Å². The van der Waals surface area contributed by atoms with E-state index in [9.17, 15) is 0 Å². The van der Waals surface area contributed by atoms with E-state index in [4.69, 9.17) is 16.5 Å². The number of benzene rings is 1. The summed E-state index contributed by atoms with van der Waals surface area (Å²) in [5.74, 6) is 2.79. The molecule has 0 heterocycles. The second-order valence-corrected chi connectivity index (χ2v) is 2.11. The molecule has 4 heteroatoms. The van der Waals surface area contributed by atoms with E-state index in [0.29, 0.717) is 5.75 Å². The maximum Gasteiger partial charge on any atom is 0.707 e. The van der Waals surface area contributed by atoms with Gasteiger partial charge in [-0.15, -0.1) is 6.42 Å². The van der Waals surface area contributed by atoms with Crippen LogP contribution < -0.4 is 4.65 Å². The summed E-state index contributed by atoms with van der Waals surface area (Å²) in [5.41, 5.74) is 0.717. The molecular weight excluding hydrogens is 155 g/mol. The van der Waals surface area contributed by atoms with E-state index in [0.717, 1.165) is 5.56 Å². The van der Waals surface area contributed by atoms with E-state index in [-0.39, 0.29) is 0 Å². The van der Waals surface area contributed by atoms with Crippen LogP contribution in [-0.2, 0) is 0 Å². The van der Waals surface area contributed by atoms with Crippen molar-refractivity contribution in [3.05, 3.63) is 29.8 Å². The van der Waals surface area contributed by atoms with Gasteiger partial charge >= 0.3 is 7.32 Å². The predicted octanol–water partition coefficient (Wildman–Crippen LogP) is 0.0162. The molecule has 0 aliphatic carbocycles. The Balaban J connectivity index is 2.73. The van der Waals surface area contributed by atoms with E-state index in [1.54, 1.807) is 24.3 Å². The van der Waals surface area contributed by atoms with Crippen molar-refractivity contribution in [3.63, 3.8) is 0 Å².